The van der Waals surface area contributed by atoms with Crippen LogP contribution in [0.15, 0.2) is 0 Å². The van der Waals surface area contributed by atoms with E-state index in [-0.39, 0.29) is 0 Å². The normalized spacial score (nSPS) is 12.0. The van der Waals surface area contributed by atoms with Crippen molar-refractivity contribution in [1.82, 2.24) is 0 Å². The molecule has 0 rings (SSSR count). The highest BCUT2D eigenvalue weighted by molar-refractivity contribution is 6.60. The Labute approximate surface area is 210 Å². The third-order valence-corrected chi connectivity index (χ3v) is 9.88. The van der Waals surface area contributed by atoms with Crippen molar-refractivity contribution in [3.63, 3.8) is 0 Å². The van der Waals surface area contributed by atoms with E-state index in [0.29, 0.717) is 0 Å². The Morgan fingerprint density at radius 2 is 0.697 bits per heavy atom. The zero-order chi connectivity index (χ0) is 24.3. The molecule has 33 heavy (non-hydrogen) atoms. The molecule has 0 radical (unpaired) electrons. The minimum absolute atomic E-state index is 0.794. The van der Waals surface area contributed by atoms with E-state index >= 15 is 0 Å². The van der Waals surface area contributed by atoms with Gasteiger partial charge in [-0.25, -0.2) is 0 Å². The summed E-state index contributed by atoms with van der Waals surface area (Å²) in [6.45, 7) is 5.35. The lowest BCUT2D eigenvalue weighted by Crippen LogP contribution is -2.44. The van der Waals surface area contributed by atoms with Crippen molar-refractivity contribution in [1.29, 1.82) is 0 Å². The molecule has 0 aromatic rings. The van der Waals surface area contributed by atoms with E-state index in [1.54, 1.807) is 14.2 Å². The van der Waals surface area contributed by atoms with Crippen LogP contribution < -0.4 is 0 Å². The van der Waals surface area contributed by atoms with Crippen LogP contribution in [0.4, 0.5) is 0 Å². The van der Waals surface area contributed by atoms with Crippen LogP contribution in [-0.2, 0) is 13.3 Å². The third kappa shape index (κ3) is 22.3. The van der Waals surface area contributed by atoms with E-state index in [1.165, 1.54) is 135 Å². The molecule has 0 aromatic heterocycles. The van der Waals surface area contributed by atoms with Gasteiger partial charge in [-0.15, -0.1) is 0 Å². The lowest BCUT2D eigenvalue weighted by Gasteiger charge is -2.26. The number of unbranched alkanes of at least 4 members (excludes halogenated alkanes) is 21. The predicted molar refractivity (Wildman–Crippen MR) is 148 cm³/mol. The highest BCUT2D eigenvalue weighted by Crippen LogP contribution is 2.20. The predicted octanol–water partition coefficient (Wildman–Crippen LogP) is 10.2. The molecule has 4 heteroatoms. The molecule has 0 atom stereocenters. The molecule has 200 valence electrons. The zero-order valence-electron chi connectivity index (χ0n) is 23.4. The molecule has 0 aliphatic rings. The zero-order valence-corrected chi connectivity index (χ0v) is 24.4. The number of hydrogen-bond acceptors (Lipinski definition) is 3. The summed E-state index contributed by atoms with van der Waals surface area (Å²) in [5.41, 5.74) is 0. The molecule has 0 N–H and O–H groups in total. The smallest absolute Gasteiger partial charge is 0.377 e. The quantitative estimate of drug-likeness (QED) is 0.0813. The molecule has 0 aliphatic heterocycles. The summed E-state index contributed by atoms with van der Waals surface area (Å²) in [6.07, 6.45) is 31.6. The first kappa shape index (κ1) is 33.1. The van der Waals surface area contributed by atoms with Gasteiger partial charge in [0.25, 0.3) is 0 Å². The van der Waals surface area contributed by atoms with Gasteiger partial charge in [0.2, 0.25) is 0 Å². The SMILES string of the molecule is CCCCCCCCCCCCCCCCCCCO[Si](CCCCCCCC)(OC)OC. The molecular weight excluding hydrogens is 424 g/mol. The van der Waals surface area contributed by atoms with E-state index in [2.05, 4.69) is 13.8 Å². The lowest BCUT2D eigenvalue weighted by atomic mass is 10.0. The fourth-order valence-corrected chi connectivity index (χ4v) is 6.75. The van der Waals surface area contributed by atoms with Crippen LogP contribution in [0.1, 0.15) is 162 Å². The Balaban J connectivity index is 3.44. The van der Waals surface area contributed by atoms with Gasteiger partial charge in [-0.2, -0.15) is 0 Å². The Morgan fingerprint density at radius 3 is 1.03 bits per heavy atom. The second-order valence-corrected chi connectivity index (χ2v) is 13.1. The van der Waals surface area contributed by atoms with Crippen molar-refractivity contribution in [2.45, 2.75) is 168 Å². The van der Waals surface area contributed by atoms with Crippen molar-refractivity contribution in [2.24, 2.45) is 0 Å². The van der Waals surface area contributed by atoms with Gasteiger partial charge in [-0.1, -0.05) is 149 Å². The molecule has 0 bridgehead atoms. The molecule has 0 saturated heterocycles. The number of hydrogen-bond donors (Lipinski definition) is 0. The summed E-state index contributed by atoms with van der Waals surface area (Å²) >= 11 is 0. The average molecular weight is 487 g/mol. The van der Waals surface area contributed by atoms with Crippen molar-refractivity contribution >= 4 is 8.80 Å². The Bertz CT molecular complexity index is 361. The molecular formula is C29H62O3Si. The summed E-state index contributed by atoms with van der Waals surface area (Å²) in [7, 11) is 1.11. The first-order valence-electron chi connectivity index (χ1n) is 15.0. The van der Waals surface area contributed by atoms with Crippen molar-refractivity contribution < 1.29 is 13.3 Å². The van der Waals surface area contributed by atoms with Crippen molar-refractivity contribution in [3.8, 4) is 0 Å². The number of rotatable bonds is 28. The standard InChI is InChI=1S/C29H62O3Si/c1-5-7-9-11-13-14-15-16-17-18-19-20-21-22-23-24-26-28-32-33(30-3,31-4)29-27-25-12-10-8-6-2/h5-29H2,1-4H3. The van der Waals surface area contributed by atoms with E-state index in [4.69, 9.17) is 13.3 Å². The van der Waals surface area contributed by atoms with Gasteiger partial charge < -0.3 is 13.3 Å². The van der Waals surface area contributed by atoms with Gasteiger partial charge in [-0.3, -0.25) is 0 Å². The van der Waals surface area contributed by atoms with Crippen molar-refractivity contribution in [2.75, 3.05) is 20.8 Å². The van der Waals surface area contributed by atoms with Crippen LogP contribution in [0.2, 0.25) is 6.04 Å². The van der Waals surface area contributed by atoms with Crippen LogP contribution in [0.5, 0.6) is 0 Å². The van der Waals surface area contributed by atoms with Gasteiger partial charge >= 0.3 is 8.80 Å². The van der Waals surface area contributed by atoms with Gasteiger partial charge in [0, 0.05) is 26.9 Å². The maximum absolute atomic E-state index is 6.17. The second kappa shape index (κ2) is 26.7. The summed E-state index contributed by atoms with van der Waals surface area (Å²) in [5.74, 6) is 0. The first-order chi connectivity index (χ1) is 16.2. The monoisotopic (exact) mass is 486 g/mol. The highest BCUT2D eigenvalue weighted by atomic mass is 28.4. The van der Waals surface area contributed by atoms with Crippen LogP contribution in [0.3, 0.4) is 0 Å². The molecule has 0 saturated carbocycles. The average Bonchev–Trinajstić information content (AvgIpc) is 2.84. The topological polar surface area (TPSA) is 27.7 Å². The van der Waals surface area contributed by atoms with Gasteiger partial charge in [0.15, 0.2) is 0 Å². The summed E-state index contributed by atoms with van der Waals surface area (Å²) in [6, 6.07) is 0.963. The largest absolute Gasteiger partial charge is 0.500 e. The van der Waals surface area contributed by atoms with Crippen LogP contribution in [0, 0.1) is 0 Å². The van der Waals surface area contributed by atoms with E-state index < -0.39 is 8.80 Å². The Hall–Kier alpha value is 0.0969. The molecule has 0 unspecified atom stereocenters. The fraction of sp³-hybridized carbons (Fsp3) is 1.00. The van der Waals surface area contributed by atoms with Crippen LogP contribution in [0.25, 0.3) is 0 Å². The van der Waals surface area contributed by atoms with Crippen LogP contribution >= 0.6 is 0 Å². The summed E-state index contributed by atoms with van der Waals surface area (Å²) in [4.78, 5) is 0. The second-order valence-electron chi connectivity index (χ2n) is 10.1. The van der Waals surface area contributed by atoms with Gasteiger partial charge in [0.1, 0.15) is 0 Å². The fourth-order valence-electron chi connectivity index (χ4n) is 4.65. The summed E-state index contributed by atoms with van der Waals surface area (Å²) in [5, 5.41) is 0. The molecule has 0 aromatic carbocycles. The van der Waals surface area contributed by atoms with E-state index in [0.717, 1.165) is 25.5 Å². The minimum atomic E-state index is -2.42. The van der Waals surface area contributed by atoms with Gasteiger partial charge in [0.05, 0.1) is 0 Å². The molecule has 0 amide bonds. The molecule has 0 heterocycles. The maximum atomic E-state index is 6.17. The third-order valence-electron chi connectivity index (χ3n) is 7.03. The summed E-state index contributed by atoms with van der Waals surface area (Å²) < 4.78 is 17.7. The molecule has 0 fully saturated rings. The molecule has 3 nitrogen and oxygen atoms in total. The molecule has 0 aliphatic carbocycles. The first-order valence-corrected chi connectivity index (χ1v) is 16.9. The Kier molecular flexibility index (Phi) is 26.8. The van der Waals surface area contributed by atoms with Gasteiger partial charge in [-0.05, 0) is 12.8 Å². The minimum Gasteiger partial charge on any atom is -0.377 e. The van der Waals surface area contributed by atoms with E-state index in [1.807, 2.05) is 0 Å². The lowest BCUT2D eigenvalue weighted by molar-refractivity contribution is 0.0955. The molecule has 0 spiro atoms. The van der Waals surface area contributed by atoms with E-state index in [9.17, 15) is 0 Å². The maximum Gasteiger partial charge on any atom is 0.500 e. The van der Waals surface area contributed by atoms with Crippen LogP contribution in [-0.4, -0.2) is 29.6 Å². The van der Waals surface area contributed by atoms with Crippen molar-refractivity contribution in [3.05, 3.63) is 0 Å². The highest BCUT2D eigenvalue weighted by Gasteiger charge is 2.37. The Morgan fingerprint density at radius 1 is 0.394 bits per heavy atom.